The van der Waals surface area contributed by atoms with Gasteiger partial charge in [-0.3, -0.25) is 0 Å². The molecule has 0 saturated heterocycles. The Morgan fingerprint density at radius 1 is 1.29 bits per heavy atom. The van der Waals surface area contributed by atoms with E-state index in [1.807, 2.05) is 26.8 Å². The van der Waals surface area contributed by atoms with E-state index in [9.17, 15) is 0 Å². The van der Waals surface area contributed by atoms with Crippen LogP contribution in [0.5, 0.6) is 0 Å². The van der Waals surface area contributed by atoms with E-state index in [2.05, 4.69) is 15.3 Å². The van der Waals surface area contributed by atoms with Crippen LogP contribution in [0.3, 0.4) is 0 Å². The van der Waals surface area contributed by atoms with E-state index in [1.165, 1.54) is 0 Å². The lowest BCUT2D eigenvalue weighted by atomic mass is 10.1. The van der Waals surface area contributed by atoms with Crippen LogP contribution >= 0.6 is 0 Å². The van der Waals surface area contributed by atoms with Gasteiger partial charge in [0.15, 0.2) is 11.6 Å². The van der Waals surface area contributed by atoms with Gasteiger partial charge < -0.3 is 15.5 Å². The zero-order chi connectivity index (χ0) is 12.4. The maximum atomic E-state index is 5.73. The van der Waals surface area contributed by atoms with Crippen molar-refractivity contribution in [1.82, 2.24) is 9.97 Å². The van der Waals surface area contributed by atoms with Gasteiger partial charge in [-0.15, -0.1) is 0 Å². The first-order chi connectivity index (χ1) is 8.08. The van der Waals surface area contributed by atoms with E-state index in [-0.39, 0.29) is 6.04 Å². The van der Waals surface area contributed by atoms with Crippen LogP contribution < -0.4 is 11.1 Å². The van der Waals surface area contributed by atoms with Crippen molar-refractivity contribution in [2.45, 2.75) is 26.8 Å². The number of aromatic nitrogens is 2. The summed E-state index contributed by atoms with van der Waals surface area (Å²) in [6, 6.07) is 2.09. The summed E-state index contributed by atoms with van der Waals surface area (Å²) in [4.78, 5) is 8.13. The minimum atomic E-state index is 0.0754. The largest absolute Gasteiger partial charge is 0.466 e. The van der Waals surface area contributed by atoms with Gasteiger partial charge in [0, 0.05) is 18.0 Å². The standard InChI is InChI=1S/C12H16N4O/c1-7-6-10(9(3)17-7)8(2)16-12-11(13)14-4-5-15-12/h4-6,8H,1-3H3,(H2,13,14)(H,15,16). The first kappa shape index (κ1) is 11.4. The molecule has 0 aliphatic heterocycles. The molecular weight excluding hydrogens is 216 g/mol. The summed E-state index contributed by atoms with van der Waals surface area (Å²) in [5.74, 6) is 2.80. The summed E-state index contributed by atoms with van der Waals surface area (Å²) >= 11 is 0. The normalized spacial score (nSPS) is 12.4. The third-order valence-electron chi connectivity index (χ3n) is 2.63. The monoisotopic (exact) mass is 232 g/mol. The maximum absolute atomic E-state index is 5.73. The lowest BCUT2D eigenvalue weighted by Crippen LogP contribution is -2.10. The first-order valence-electron chi connectivity index (χ1n) is 5.48. The third kappa shape index (κ3) is 2.38. The zero-order valence-electron chi connectivity index (χ0n) is 10.2. The fraction of sp³-hybridized carbons (Fsp3) is 0.333. The summed E-state index contributed by atoms with van der Waals surface area (Å²) in [6.07, 6.45) is 3.18. The quantitative estimate of drug-likeness (QED) is 0.849. The first-order valence-corrected chi connectivity index (χ1v) is 5.48. The van der Waals surface area contributed by atoms with Crippen molar-refractivity contribution in [3.8, 4) is 0 Å². The Morgan fingerprint density at radius 2 is 2.00 bits per heavy atom. The van der Waals surface area contributed by atoms with E-state index < -0.39 is 0 Å². The Hall–Kier alpha value is -2.04. The van der Waals surface area contributed by atoms with Crippen molar-refractivity contribution < 1.29 is 4.42 Å². The Morgan fingerprint density at radius 3 is 2.59 bits per heavy atom. The second-order valence-electron chi connectivity index (χ2n) is 4.02. The van der Waals surface area contributed by atoms with Crippen molar-refractivity contribution in [2.24, 2.45) is 0 Å². The van der Waals surface area contributed by atoms with Gasteiger partial charge in [-0.1, -0.05) is 0 Å². The van der Waals surface area contributed by atoms with E-state index in [1.54, 1.807) is 12.4 Å². The molecule has 90 valence electrons. The molecule has 5 heteroatoms. The molecule has 0 aliphatic carbocycles. The number of nitrogens with zero attached hydrogens (tertiary/aromatic N) is 2. The van der Waals surface area contributed by atoms with Gasteiger partial charge in [0.05, 0.1) is 6.04 Å². The van der Waals surface area contributed by atoms with E-state index in [0.29, 0.717) is 11.6 Å². The highest BCUT2D eigenvalue weighted by molar-refractivity contribution is 5.56. The highest BCUT2D eigenvalue weighted by Gasteiger charge is 2.14. The zero-order valence-corrected chi connectivity index (χ0v) is 10.2. The molecule has 0 saturated carbocycles. The number of nitrogens with two attached hydrogens (primary N) is 1. The molecule has 1 unspecified atom stereocenters. The Bertz CT molecular complexity index is 521. The van der Waals surface area contributed by atoms with Gasteiger partial charge in [-0.2, -0.15) is 0 Å². The number of nitrogens with one attached hydrogen (secondary N) is 1. The predicted molar refractivity (Wildman–Crippen MR) is 66.7 cm³/mol. The summed E-state index contributed by atoms with van der Waals surface area (Å²) in [6.45, 7) is 5.91. The van der Waals surface area contributed by atoms with Crippen LogP contribution in [0.1, 0.15) is 30.0 Å². The van der Waals surface area contributed by atoms with Crippen LogP contribution in [0.2, 0.25) is 0 Å². The summed E-state index contributed by atoms with van der Waals surface area (Å²) in [5, 5.41) is 3.22. The molecule has 0 radical (unpaired) electrons. The average molecular weight is 232 g/mol. The fourth-order valence-electron chi connectivity index (χ4n) is 1.82. The molecule has 3 N–H and O–H groups in total. The molecule has 0 amide bonds. The molecule has 1 atom stereocenters. The summed E-state index contributed by atoms with van der Waals surface area (Å²) < 4.78 is 5.50. The van der Waals surface area contributed by atoms with Gasteiger partial charge in [0.1, 0.15) is 11.5 Å². The SMILES string of the molecule is Cc1cc(C(C)Nc2nccnc2N)c(C)o1. The predicted octanol–water partition coefficient (Wildman–Crippen LogP) is 2.44. The number of furan rings is 1. The Kier molecular flexibility index (Phi) is 2.99. The Balaban J connectivity index is 2.20. The minimum Gasteiger partial charge on any atom is -0.466 e. The van der Waals surface area contributed by atoms with Crippen LogP contribution in [-0.4, -0.2) is 9.97 Å². The van der Waals surface area contributed by atoms with Gasteiger partial charge in [0.25, 0.3) is 0 Å². The van der Waals surface area contributed by atoms with Gasteiger partial charge >= 0.3 is 0 Å². The topological polar surface area (TPSA) is 77.0 Å². The van der Waals surface area contributed by atoms with Gasteiger partial charge in [0.2, 0.25) is 0 Å². The number of aryl methyl sites for hydroxylation is 2. The molecular formula is C12H16N4O. The van der Waals surface area contributed by atoms with Crippen LogP contribution in [-0.2, 0) is 0 Å². The lowest BCUT2D eigenvalue weighted by Gasteiger charge is -2.14. The number of nitrogen functional groups attached to an aromatic ring is 1. The fourth-order valence-corrected chi connectivity index (χ4v) is 1.82. The number of anilines is 2. The smallest absolute Gasteiger partial charge is 0.169 e. The molecule has 2 rings (SSSR count). The van der Waals surface area contributed by atoms with Crippen LogP contribution in [0.15, 0.2) is 22.9 Å². The van der Waals surface area contributed by atoms with Crippen LogP contribution in [0, 0.1) is 13.8 Å². The molecule has 0 aromatic carbocycles. The molecule has 5 nitrogen and oxygen atoms in total. The molecule has 0 aliphatic rings. The summed E-state index contributed by atoms with van der Waals surface area (Å²) in [7, 11) is 0. The minimum absolute atomic E-state index is 0.0754. The molecule has 0 bridgehead atoms. The van der Waals surface area contributed by atoms with Crippen LogP contribution in [0.4, 0.5) is 11.6 Å². The van der Waals surface area contributed by atoms with Crippen molar-refractivity contribution >= 4 is 11.6 Å². The number of hydrogen-bond donors (Lipinski definition) is 2. The third-order valence-corrected chi connectivity index (χ3v) is 2.63. The number of rotatable bonds is 3. The highest BCUT2D eigenvalue weighted by Crippen LogP contribution is 2.25. The molecule has 17 heavy (non-hydrogen) atoms. The summed E-state index contributed by atoms with van der Waals surface area (Å²) in [5.41, 5.74) is 6.83. The maximum Gasteiger partial charge on any atom is 0.169 e. The van der Waals surface area contributed by atoms with E-state index in [4.69, 9.17) is 10.2 Å². The molecule has 0 spiro atoms. The molecule has 0 fully saturated rings. The van der Waals surface area contributed by atoms with Crippen LogP contribution in [0.25, 0.3) is 0 Å². The van der Waals surface area contributed by atoms with Crippen molar-refractivity contribution in [3.63, 3.8) is 0 Å². The average Bonchev–Trinajstić information content (AvgIpc) is 2.61. The van der Waals surface area contributed by atoms with E-state index >= 15 is 0 Å². The molecule has 2 aromatic rings. The number of hydrogen-bond acceptors (Lipinski definition) is 5. The lowest BCUT2D eigenvalue weighted by molar-refractivity contribution is 0.500. The van der Waals surface area contributed by atoms with Gasteiger partial charge in [-0.25, -0.2) is 9.97 Å². The second kappa shape index (κ2) is 4.45. The Labute approximate surface area is 100 Å². The van der Waals surface area contributed by atoms with Crippen molar-refractivity contribution in [2.75, 3.05) is 11.1 Å². The van der Waals surface area contributed by atoms with Gasteiger partial charge in [-0.05, 0) is 26.8 Å². The van der Waals surface area contributed by atoms with E-state index in [0.717, 1.165) is 17.1 Å². The van der Waals surface area contributed by atoms with Crippen molar-refractivity contribution in [3.05, 3.63) is 35.5 Å². The highest BCUT2D eigenvalue weighted by atomic mass is 16.3. The molecule has 2 heterocycles. The molecule has 2 aromatic heterocycles. The van der Waals surface area contributed by atoms with Crippen molar-refractivity contribution in [1.29, 1.82) is 0 Å². The second-order valence-corrected chi connectivity index (χ2v) is 4.02.